The molecule has 2 aliphatic rings. The van der Waals surface area contributed by atoms with Gasteiger partial charge in [-0.05, 0) is 56.3 Å². The Hall–Kier alpha value is -4.46. The Kier molecular flexibility index (Phi) is 7.49. The molecule has 3 aromatic carbocycles. The zero-order valence-corrected chi connectivity index (χ0v) is 26.4. The molecule has 2 unspecified atom stereocenters. The van der Waals surface area contributed by atoms with Crippen molar-refractivity contribution in [1.82, 2.24) is 29.8 Å². The summed E-state index contributed by atoms with van der Waals surface area (Å²) in [6, 6.07) is 18.6. The van der Waals surface area contributed by atoms with Gasteiger partial charge in [-0.1, -0.05) is 52.3 Å². The molecule has 13 heteroatoms. The van der Waals surface area contributed by atoms with Crippen molar-refractivity contribution in [1.29, 1.82) is 0 Å². The Morgan fingerprint density at radius 1 is 1.11 bits per heavy atom. The first-order chi connectivity index (χ1) is 22.0. The van der Waals surface area contributed by atoms with Gasteiger partial charge in [-0.3, -0.25) is 19.5 Å². The molecule has 7 rings (SSSR count). The van der Waals surface area contributed by atoms with Gasteiger partial charge in [-0.25, -0.2) is 9.94 Å². The Bertz CT molecular complexity index is 2060. The minimum atomic E-state index is -4.63. The topological polar surface area (TPSA) is 95.7 Å². The van der Waals surface area contributed by atoms with Gasteiger partial charge in [0, 0.05) is 39.2 Å². The van der Waals surface area contributed by atoms with Gasteiger partial charge < -0.3 is 10.3 Å². The summed E-state index contributed by atoms with van der Waals surface area (Å²) in [5.74, 6) is -0.554. The number of anilines is 1. The Balaban J connectivity index is 1.37. The van der Waals surface area contributed by atoms with Crippen molar-refractivity contribution in [3.63, 3.8) is 0 Å². The number of carbonyl (C=O) groups is 1. The van der Waals surface area contributed by atoms with Crippen LogP contribution >= 0.6 is 15.9 Å². The molecule has 2 atom stereocenters. The second-order valence-corrected chi connectivity index (χ2v) is 12.4. The molecule has 4 heterocycles. The summed E-state index contributed by atoms with van der Waals surface area (Å²) in [7, 11) is 1.85. The summed E-state index contributed by atoms with van der Waals surface area (Å²) in [5.41, 5.74) is 11.1. The first kappa shape index (κ1) is 30.2. The zero-order chi connectivity index (χ0) is 32.3. The average Bonchev–Trinajstić information content (AvgIpc) is 3.65. The largest absolute Gasteiger partial charge is 0.417 e. The van der Waals surface area contributed by atoms with Gasteiger partial charge in [0.15, 0.2) is 0 Å². The van der Waals surface area contributed by atoms with Gasteiger partial charge in [0.05, 0.1) is 35.4 Å². The number of alkyl halides is 3. The predicted octanol–water partition coefficient (Wildman–Crippen LogP) is 5.59. The van der Waals surface area contributed by atoms with Crippen LogP contribution < -0.4 is 21.7 Å². The third-order valence-corrected chi connectivity index (χ3v) is 9.40. The van der Waals surface area contributed by atoms with Crippen LogP contribution in [0.1, 0.15) is 57.0 Å². The lowest BCUT2D eigenvalue weighted by Gasteiger charge is -2.35. The van der Waals surface area contributed by atoms with E-state index in [-0.39, 0.29) is 34.7 Å². The highest BCUT2D eigenvalue weighted by Crippen LogP contribution is 2.36. The SMILES string of the molecule is CNC1NNc2cc(-n3c(=O)c4c(n5ncc(Cc6ccccc6)c35)CN(C(=O)c3ccc(Br)c(C(F)(F)F)c3)C(C)C4)ccc21. The third-order valence-electron chi connectivity index (χ3n) is 8.71. The maximum absolute atomic E-state index is 14.5. The summed E-state index contributed by atoms with van der Waals surface area (Å²) in [6.07, 6.45) is -2.27. The fourth-order valence-corrected chi connectivity index (χ4v) is 6.85. The molecule has 46 heavy (non-hydrogen) atoms. The van der Waals surface area contributed by atoms with Crippen molar-refractivity contribution in [3.05, 3.63) is 127 Å². The number of benzene rings is 3. The first-order valence-corrected chi connectivity index (χ1v) is 15.5. The number of amides is 1. The standard InChI is InChI=1S/C33H29BrF3N7O2/c1-18-12-24-28(17-42(18)31(45)20-8-11-26(34)25(14-20)33(35,36)37)44-30(21(16-39-44)13-19-6-4-3-5-7-19)43(32(24)46)22-9-10-23-27(15-22)40-41-29(23)38-2/h3-11,14-16,18,29,38,40-41H,12-13,17H2,1-2H3. The van der Waals surface area contributed by atoms with E-state index in [1.165, 1.54) is 17.0 Å². The summed E-state index contributed by atoms with van der Waals surface area (Å²) >= 11 is 2.95. The van der Waals surface area contributed by atoms with Crippen LogP contribution in [0.4, 0.5) is 18.9 Å². The summed E-state index contributed by atoms with van der Waals surface area (Å²) in [5, 5.41) is 7.92. The molecule has 0 radical (unpaired) electrons. The molecule has 2 aliphatic heterocycles. The normalized spacial score (nSPS) is 17.6. The second kappa shape index (κ2) is 11.4. The molecule has 0 saturated carbocycles. The quantitative estimate of drug-likeness (QED) is 0.223. The van der Waals surface area contributed by atoms with E-state index in [0.29, 0.717) is 29.0 Å². The van der Waals surface area contributed by atoms with E-state index in [0.717, 1.165) is 28.4 Å². The predicted molar refractivity (Wildman–Crippen MR) is 171 cm³/mol. The molecule has 0 saturated heterocycles. The van der Waals surface area contributed by atoms with E-state index in [4.69, 9.17) is 5.10 Å². The Morgan fingerprint density at radius 3 is 2.63 bits per heavy atom. The summed E-state index contributed by atoms with van der Waals surface area (Å²) < 4.78 is 44.2. The lowest BCUT2D eigenvalue weighted by Crippen LogP contribution is -2.46. The van der Waals surface area contributed by atoms with Crippen LogP contribution in [-0.2, 0) is 25.6 Å². The lowest BCUT2D eigenvalue weighted by atomic mass is 9.97. The molecular formula is C33H29BrF3N7O2. The van der Waals surface area contributed by atoms with Crippen LogP contribution in [0.3, 0.4) is 0 Å². The minimum Gasteiger partial charge on any atom is -0.330 e. The minimum absolute atomic E-state index is 0.00526. The average molecular weight is 693 g/mol. The molecule has 0 bridgehead atoms. The highest BCUT2D eigenvalue weighted by atomic mass is 79.9. The molecule has 236 valence electrons. The highest BCUT2D eigenvalue weighted by Gasteiger charge is 2.36. The number of fused-ring (bicyclic) bond motifs is 4. The van der Waals surface area contributed by atoms with Crippen LogP contribution in [0.5, 0.6) is 0 Å². The molecule has 0 spiro atoms. The number of carbonyl (C=O) groups excluding carboxylic acids is 1. The van der Waals surface area contributed by atoms with Crippen molar-refractivity contribution in [2.75, 3.05) is 12.5 Å². The number of nitrogens with one attached hydrogen (secondary N) is 3. The van der Waals surface area contributed by atoms with Gasteiger partial charge >= 0.3 is 6.18 Å². The van der Waals surface area contributed by atoms with Gasteiger partial charge in [0.25, 0.3) is 11.5 Å². The number of hydrogen-bond donors (Lipinski definition) is 3. The Morgan fingerprint density at radius 2 is 1.89 bits per heavy atom. The number of halogens is 4. The van der Waals surface area contributed by atoms with Crippen molar-refractivity contribution in [3.8, 4) is 5.69 Å². The van der Waals surface area contributed by atoms with E-state index in [1.807, 2.05) is 55.6 Å². The van der Waals surface area contributed by atoms with Gasteiger partial charge in [0.2, 0.25) is 0 Å². The third kappa shape index (κ3) is 5.08. The molecule has 9 nitrogen and oxygen atoms in total. The fourth-order valence-electron chi connectivity index (χ4n) is 6.38. The molecule has 1 amide bonds. The number of nitrogens with zero attached hydrogens (tertiary/aromatic N) is 4. The van der Waals surface area contributed by atoms with Crippen LogP contribution in [0, 0.1) is 0 Å². The number of hydrogen-bond acceptors (Lipinski definition) is 6. The van der Waals surface area contributed by atoms with Crippen LogP contribution in [0.15, 0.2) is 82.2 Å². The first-order valence-electron chi connectivity index (χ1n) is 14.7. The number of rotatable bonds is 5. The molecule has 0 fully saturated rings. The van der Waals surface area contributed by atoms with Gasteiger partial charge in [-0.2, -0.15) is 18.3 Å². The van der Waals surface area contributed by atoms with Crippen LogP contribution in [0.2, 0.25) is 0 Å². The van der Waals surface area contributed by atoms with Crippen molar-refractivity contribution in [2.45, 2.75) is 44.7 Å². The van der Waals surface area contributed by atoms with E-state index < -0.39 is 23.7 Å². The second-order valence-electron chi connectivity index (χ2n) is 11.6. The molecule has 5 aromatic rings. The smallest absolute Gasteiger partial charge is 0.330 e. The molecular weight excluding hydrogens is 663 g/mol. The van der Waals surface area contributed by atoms with E-state index in [9.17, 15) is 22.8 Å². The lowest BCUT2D eigenvalue weighted by molar-refractivity contribution is -0.138. The van der Waals surface area contributed by atoms with Crippen molar-refractivity contribution < 1.29 is 18.0 Å². The van der Waals surface area contributed by atoms with Crippen molar-refractivity contribution >= 4 is 33.2 Å². The zero-order valence-electron chi connectivity index (χ0n) is 24.8. The monoisotopic (exact) mass is 691 g/mol. The highest BCUT2D eigenvalue weighted by molar-refractivity contribution is 9.10. The van der Waals surface area contributed by atoms with E-state index in [2.05, 4.69) is 32.1 Å². The summed E-state index contributed by atoms with van der Waals surface area (Å²) in [4.78, 5) is 29.7. The van der Waals surface area contributed by atoms with Crippen LogP contribution in [0.25, 0.3) is 11.3 Å². The van der Waals surface area contributed by atoms with Crippen molar-refractivity contribution in [2.24, 2.45) is 0 Å². The van der Waals surface area contributed by atoms with Gasteiger partial charge in [0.1, 0.15) is 11.8 Å². The maximum atomic E-state index is 14.5. The van der Waals surface area contributed by atoms with Crippen LogP contribution in [-0.4, -0.2) is 38.1 Å². The number of hydrazine groups is 1. The molecule has 2 aromatic heterocycles. The van der Waals surface area contributed by atoms with Gasteiger partial charge in [-0.15, -0.1) is 0 Å². The number of aromatic nitrogens is 3. The maximum Gasteiger partial charge on any atom is 0.417 e. The molecule has 3 N–H and O–H groups in total. The fraction of sp³-hybridized carbons (Fsp3) is 0.242. The summed E-state index contributed by atoms with van der Waals surface area (Å²) in [6.45, 7) is 1.80. The van der Waals surface area contributed by atoms with E-state index in [1.54, 1.807) is 22.2 Å². The Labute approximate surface area is 270 Å². The van der Waals surface area contributed by atoms with E-state index >= 15 is 0 Å². The molecule has 0 aliphatic carbocycles.